The number of hydrogen-bond donors (Lipinski definition) is 2. The lowest BCUT2D eigenvalue weighted by molar-refractivity contribution is -0.133. The largest absolute Gasteiger partial charge is 0.357 e. The first-order chi connectivity index (χ1) is 10.6. The molecule has 1 fully saturated rings. The van der Waals surface area contributed by atoms with Gasteiger partial charge < -0.3 is 15.5 Å². The lowest BCUT2D eigenvalue weighted by Crippen LogP contribution is -2.45. The molecule has 1 aliphatic heterocycles. The first kappa shape index (κ1) is 16.8. The lowest BCUT2D eigenvalue weighted by atomic mass is 10.2. The number of aliphatic imine (C=N–C) groups is 1. The Morgan fingerprint density at radius 3 is 3.00 bits per heavy atom. The van der Waals surface area contributed by atoms with Crippen molar-refractivity contribution in [3.05, 3.63) is 22.4 Å². The normalized spacial score (nSPS) is 18.8. The Bertz CT molecular complexity index is 498. The van der Waals surface area contributed by atoms with Gasteiger partial charge in [0.2, 0.25) is 5.91 Å². The molecule has 0 saturated carbocycles. The molecule has 2 heterocycles. The zero-order valence-electron chi connectivity index (χ0n) is 13.6. The number of guanidine groups is 1. The van der Waals surface area contributed by atoms with Crippen molar-refractivity contribution in [1.82, 2.24) is 15.5 Å². The van der Waals surface area contributed by atoms with Gasteiger partial charge in [0.25, 0.3) is 0 Å². The molecular weight excluding hydrogens is 296 g/mol. The van der Waals surface area contributed by atoms with E-state index in [1.54, 1.807) is 11.3 Å². The van der Waals surface area contributed by atoms with Crippen LogP contribution in [-0.4, -0.2) is 42.4 Å². The summed E-state index contributed by atoms with van der Waals surface area (Å²) < 4.78 is 0. The van der Waals surface area contributed by atoms with Crippen molar-refractivity contribution >= 4 is 23.2 Å². The molecule has 1 unspecified atom stereocenters. The summed E-state index contributed by atoms with van der Waals surface area (Å²) in [5.41, 5.74) is 0. The standard InChI is InChI=1S/C16H26N4OS/c1-4-17-16(18-10-14-6-5-9-22-14)19-13-7-8-20(11-13)15(21)12(2)3/h5-6,9,12-13H,4,7-8,10-11H2,1-3H3,(H2,17,18,19). The van der Waals surface area contributed by atoms with Crippen LogP contribution in [-0.2, 0) is 11.3 Å². The minimum atomic E-state index is 0.0690. The topological polar surface area (TPSA) is 56.7 Å². The number of carbonyl (C=O) groups is 1. The summed E-state index contributed by atoms with van der Waals surface area (Å²) in [7, 11) is 0. The van der Waals surface area contributed by atoms with E-state index in [-0.39, 0.29) is 17.9 Å². The van der Waals surface area contributed by atoms with E-state index < -0.39 is 0 Å². The number of nitrogens with one attached hydrogen (secondary N) is 2. The van der Waals surface area contributed by atoms with Gasteiger partial charge in [0.05, 0.1) is 6.54 Å². The Balaban J connectivity index is 1.89. The van der Waals surface area contributed by atoms with Crippen LogP contribution < -0.4 is 10.6 Å². The minimum absolute atomic E-state index is 0.0690. The van der Waals surface area contributed by atoms with Gasteiger partial charge in [-0.25, -0.2) is 4.99 Å². The van der Waals surface area contributed by atoms with Crippen LogP contribution in [0.4, 0.5) is 0 Å². The molecule has 0 bridgehead atoms. The van der Waals surface area contributed by atoms with Crippen LogP contribution in [0.3, 0.4) is 0 Å². The Kier molecular flexibility index (Phi) is 6.24. The van der Waals surface area contributed by atoms with Crippen molar-refractivity contribution in [2.75, 3.05) is 19.6 Å². The van der Waals surface area contributed by atoms with E-state index >= 15 is 0 Å². The predicted molar refractivity (Wildman–Crippen MR) is 92.1 cm³/mol. The highest BCUT2D eigenvalue weighted by Gasteiger charge is 2.27. The maximum Gasteiger partial charge on any atom is 0.225 e. The molecule has 122 valence electrons. The fraction of sp³-hybridized carbons (Fsp3) is 0.625. The average Bonchev–Trinajstić information content (AvgIpc) is 3.15. The van der Waals surface area contributed by atoms with Gasteiger partial charge in [-0.3, -0.25) is 4.79 Å². The Morgan fingerprint density at radius 2 is 2.36 bits per heavy atom. The number of rotatable bonds is 5. The highest BCUT2D eigenvalue weighted by atomic mass is 32.1. The van der Waals surface area contributed by atoms with Gasteiger partial charge in [0, 0.05) is 36.5 Å². The van der Waals surface area contributed by atoms with Gasteiger partial charge in [0.1, 0.15) is 0 Å². The minimum Gasteiger partial charge on any atom is -0.357 e. The second-order valence-electron chi connectivity index (χ2n) is 5.84. The molecular formula is C16H26N4OS. The van der Waals surface area contributed by atoms with Gasteiger partial charge in [-0.05, 0) is 24.8 Å². The molecule has 0 spiro atoms. The van der Waals surface area contributed by atoms with Crippen LogP contribution in [0.2, 0.25) is 0 Å². The molecule has 1 amide bonds. The molecule has 22 heavy (non-hydrogen) atoms. The molecule has 1 atom stereocenters. The molecule has 5 nitrogen and oxygen atoms in total. The average molecular weight is 322 g/mol. The number of hydrogen-bond acceptors (Lipinski definition) is 3. The molecule has 0 aromatic carbocycles. The molecule has 6 heteroatoms. The van der Waals surface area contributed by atoms with E-state index in [2.05, 4.69) is 34.0 Å². The molecule has 1 saturated heterocycles. The van der Waals surface area contributed by atoms with Crippen molar-refractivity contribution in [3.8, 4) is 0 Å². The fourth-order valence-electron chi connectivity index (χ4n) is 2.52. The van der Waals surface area contributed by atoms with E-state index in [0.717, 1.165) is 32.0 Å². The quantitative estimate of drug-likeness (QED) is 0.644. The molecule has 2 N–H and O–H groups in total. The summed E-state index contributed by atoms with van der Waals surface area (Å²) in [5.74, 6) is 1.14. The van der Waals surface area contributed by atoms with Crippen LogP contribution in [0.25, 0.3) is 0 Å². The van der Waals surface area contributed by atoms with E-state index in [4.69, 9.17) is 0 Å². The number of thiophene rings is 1. The zero-order valence-corrected chi connectivity index (χ0v) is 14.4. The fourth-order valence-corrected chi connectivity index (χ4v) is 3.14. The van der Waals surface area contributed by atoms with Crippen LogP contribution >= 0.6 is 11.3 Å². The highest BCUT2D eigenvalue weighted by molar-refractivity contribution is 7.09. The Labute approximate surface area is 136 Å². The van der Waals surface area contributed by atoms with Crippen molar-refractivity contribution in [2.45, 2.75) is 39.8 Å². The SMILES string of the molecule is CCNC(=NCc1cccs1)NC1CCN(C(=O)C(C)C)C1. The summed E-state index contributed by atoms with van der Waals surface area (Å²) in [6.45, 7) is 9.09. The smallest absolute Gasteiger partial charge is 0.225 e. The summed E-state index contributed by atoms with van der Waals surface area (Å²) in [6, 6.07) is 4.42. The third kappa shape index (κ3) is 4.73. The van der Waals surface area contributed by atoms with Crippen molar-refractivity contribution in [3.63, 3.8) is 0 Å². The number of nitrogens with zero attached hydrogens (tertiary/aromatic N) is 2. The van der Waals surface area contributed by atoms with Crippen molar-refractivity contribution in [2.24, 2.45) is 10.9 Å². The lowest BCUT2D eigenvalue weighted by Gasteiger charge is -2.20. The second kappa shape index (κ2) is 8.17. The third-order valence-electron chi connectivity index (χ3n) is 3.65. The summed E-state index contributed by atoms with van der Waals surface area (Å²) >= 11 is 1.72. The number of carbonyl (C=O) groups excluding carboxylic acids is 1. The summed E-state index contributed by atoms with van der Waals surface area (Å²) in [4.78, 5) is 19.9. The Hall–Kier alpha value is -1.56. The first-order valence-corrected chi connectivity index (χ1v) is 8.84. The third-order valence-corrected chi connectivity index (χ3v) is 4.51. The van der Waals surface area contributed by atoms with Gasteiger partial charge in [-0.15, -0.1) is 11.3 Å². The van der Waals surface area contributed by atoms with Gasteiger partial charge in [-0.1, -0.05) is 19.9 Å². The molecule has 1 aromatic heterocycles. The maximum absolute atomic E-state index is 12.0. The number of amides is 1. The van der Waals surface area contributed by atoms with E-state index in [0.29, 0.717) is 6.54 Å². The summed E-state index contributed by atoms with van der Waals surface area (Å²) in [5, 5.41) is 8.80. The highest BCUT2D eigenvalue weighted by Crippen LogP contribution is 2.13. The van der Waals surface area contributed by atoms with Crippen LogP contribution in [0.1, 0.15) is 32.1 Å². The monoisotopic (exact) mass is 322 g/mol. The van der Waals surface area contributed by atoms with Gasteiger partial charge >= 0.3 is 0 Å². The van der Waals surface area contributed by atoms with Gasteiger partial charge in [0.15, 0.2) is 5.96 Å². The van der Waals surface area contributed by atoms with Crippen molar-refractivity contribution < 1.29 is 4.79 Å². The van der Waals surface area contributed by atoms with Crippen molar-refractivity contribution in [1.29, 1.82) is 0 Å². The molecule has 2 rings (SSSR count). The first-order valence-electron chi connectivity index (χ1n) is 7.96. The van der Waals surface area contributed by atoms with Crippen LogP contribution in [0.15, 0.2) is 22.5 Å². The molecule has 0 aliphatic carbocycles. The van der Waals surface area contributed by atoms with E-state index in [1.165, 1.54) is 4.88 Å². The molecule has 0 radical (unpaired) electrons. The predicted octanol–water partition coefficient (Wildman–Crippen LogP) is 2.06. The zero-order chi connectivity index (χ0) is 15.9. The van der Waals surface area contributed by atoms with Crippen LogP contribution in [0.5, 0.6) is 0 Å². The summed E-state index contributed by atoms with van der Waals surface area (Å²) in [6.07, 6.45) is 0.974. The van der Waals surface area contributed by atoms with E-state index in [1.807, 2.05) is 24.8 Å². The Morgan fingerprint density at radius 1 is 1.55 bits per heavy atom. The second-order valence-corrected chi connectivity index (χ2v) is 6.88. The molecule has 1 aliphatic rings. The maximum atomic E-state index is 12.0. The van der Waals surface area contributed by atoms with Crippen LogP contribution in [0, 0.1) is 5.92 Å². The van der Waals surface area contributed by atoms with Gasteiger partial charge in [-0.2, -0.15) is 0 Å². The molecule has 1 aromatic rings. The van der Waals surface area contributed by atoms with E-state index in [9.17, 15) is 4.79 Å². The number of likely N-dealkylation sites (tertiary alicyclic amines) is 1.